The third-order valence-corrected chi connectivity index (χ3v) is 4.58. The molecule has 0 amide bonds. The van der Waals surface area contributed by atoms with Crippen LogP contribution in [0.2, 0.25) is 0 Å². The molecule has 98 valence electrons. The Bertz CT molecular complexity index is 668. The molecule has 0 N–H and O–H groups in total. The molecule has 19 heavy (non-hydrogen) atoms. The van der Waals surface area contributed by atoms with Gasteiger partial charge in [0.1, 0.15) is 0 Å². The summed E-state index contributed by atoms with van der Waals surface area (Å²) in [6.07, 6.45) is 9.65. The normalized spacial score (nSPS) is 12.5. The Morgan fingerprint density at radius 3 is 3.00 bits per heavy atom. The maximum Gasteiger partial charge on any atom is 0.151 e. The van der Waals surface area contributed by atoms with Gasteiger partial charge in [0.15, 0.2) is 5.65 Å². The summed E-state index contributed by atoms with van der Waals surface area (Å²) in [6, 6.07) is 4.11. The van der Waals surface area contributed by atoms with Gasteiger partial charge in [0.05, 0.1) is 0 Å². The summed E-state index contributed by atoms with van der Waals surface area (Å²) >= 11 is 5.23. The summed E-state index contributed by atoms with van der Waals surface area (Å²) < 4.78 is 3.21. The molecule has 0 saturated carbocycles. The van der Waals surface area contributed by atoms with Crippen molar-refractivity contribution in [1.29, 1.82) is 0 Å². The summed E-state index contributed by atoms with van der Waals surface area (Å²) in [5, 5.41) is 1.13. The second-order valence-corrected chi connectivity index (χ2v) is 5.86. The molecule has 2 aromatic rings. The van der Waals surface area contributed by atoms with Gasteiger partial charge in [-0.15, -0.1) is 0 Å². The van der Waals surface area contributed by atoms with Gasteiger partial charge < -0.3 is 0 Å². The molecule has 0 aliphatic carbocycles. The lowest BCUT2D eigenvalue weighted by Gasteiger charge is -2.06. The van der Waals surface area contributed by atoms with E-state index in [9.17, 15) is 0 Å². The lowest BCUT2D eigenvalue weighted by Crippen LogP contribution is -1.91. The standard InChI is InChI=1S/C15H15BrN2S/c1-4-6-7-12(5-2)19-18-11(3)10-13-14(16)8-9-17-15(13)18/h4-10H,1H2,2-3H3/b7-6-,12-5+. The number of pyridine rings is 1. The summed E-state index contributed by atoms with van der Waals surface area (Å²) in [4.78, 5) is 5.63. The molecule has 0 saturated heterocycles. The average Bonchev–Trinajstić information content (AvgIpc) is 2.72. The molecule has 0 spiro atoms. The van der Waals surface area contributed by atoms with Crippen LogP contribution < -0.4 is 0 Å². The molecule has 0 radical (unpaired) electrons. The van der Waals surface area contributed by atoms with Gasteiger partial charge in [-0.05, 0) is 59.9 Å². The average molecular weight is 335 g/mol. The van der Waals surface area contributed by atoms with E-state index in [0.29, 0.717) is 0 Å². The molecule has 2 nitrogen and oxygen atoms in total. The Morgan fingerprint density at radius 1 is 1.53 bits per heavy atom. The van der Waals surface area contributed by atoms with E-state index >= 15 is 0 Å². The highest BCUT2D eigenvalue weighted by Gasteiger charge is 2.10. The number of allylic oxidation sites excluding steroid dienone is 4. The van der Waals surface area contributed by atoms with Crippen molar-refractivity contribution in [1.82, 2.24) is 8.96 Å². The molecule has 2 aromatic heterocycles. The van der Waals surface area contributed by atoms with Crippen molar-refractivity contribution in [2.24, 2.45) is 0 Å². The molecule has 2 rings (SSSR count). The van der Waals surface area contributed by atoms with Crippen LogP contribution in [-0.4, -0.2) is 8.96 Å². The first kappa shape index (κ1) is 14.2. The zero-order chi connectivity index (χ0) is 13.8. The SMILES string of the molecule is C=C/C=C\C(=C/C)Sn1c(C)cc2c(Br)ccnc21. The highest BCUT2D eigenvalue weighted by Crippen LogP contribution is 2.31. The molecule has 2 heterocycles. The molecule has 0 aromatic carbocycles. The maximum atomic E-state index is 4.47. The second-order valence-electron chi connectivity index (χ2n) is 3.99. The minimum Gasteiger partial charge on any atom is -0.268 e. The quantitative estimate of drug-likeness (QED) is 0.710. The van der Waals surface area contributed by atoms with Crippen LogP contribution in [0.3, 0.4) is 0 Å². The minimum absolute atomic E-state index is 0.975. The Labute approximate surface area is 126 Å². The van der Waals surface area contributed by atoms with Gasteiger partial charge in [-0.3, -0.25) is 3.97 Å². The van der Waals surface area contributed by atoms with Crippen LogP contribution in [0.1, 0.15) is 12.6 Å². The zero-order valence-corrected chi connectivity index (χ0v) is 13.3. The van der Waals surface area contributed by atoms with Gasteiger partial charge in [0, 0.05) is 26.7 Å². The predicted molar refractivity (Wildman–Crippen MR) is 88.3 cm³/mol. The predicted octanol–water partition coefficient (Wildman–Crippen LogP) is 5.25. The number of aromatic nitrogens is 2. The van der Waals surface area contributed by atoms with E-state index in [4.69, 9.17) is 0 Å². The fraction of sp³-hybridized carbons (Fsp3) is 0.133. The smallest absolute Gasteiger partial charge is 0.151 e. The Morgan fingerprint density at radius 2 is 2.32 bits per heavy atom. The lowest BCUT2D eigenvalue weighted by atomic mass is 10.3. The fourth-order valence-electron chi connectivity index (χ4n) is 1.73. The number of fused-ring (bicyclic) bond motifs is 1. The Hall–Kier alpha value is -1.26. The van der Waals surface area contributed by atoms with E-state index in [1.54, 1.807) is 18.0 Å². The summed E-state index contributed by atoms with van der Waals surface area (Å²) in [5.74, 6) is 0. The number of rotatable bonds is 4. The third kappa shape index (κ3) is 3.01. The monoisotopic (exact) mass is 334 g/mol. The molecule has 0 atom stereocenters. The molecule has 0 fully saturated rings. The molecular weight excluding hydrogens is 320 g/mol. The fourth-order valence-corrected chi connectivity index (χ4v) is 3.03. The van der Waals surface area contributed by atoms with E-state index in [1.807, 2.05) is 31.3 Å². The van der Waals surface area contributed by atoms with Crippen LogP contribution in [0, 0.1) is 6.92 Å². The zero-order valence-electron chi connectivity index (χ0n) is 10.9. The number of hydrogen-bond donors (Lipinski definition) is 0. The van der Waals surface area contributed by atoms with Crippen molar-refractivity contribution in [3.8, 4) is 0 Å². The number of halogens is 1. The van der Waals surface area contributed by atoms with Crippen LogP contribution in [0.15, 0.2) is 58.6 Å². The van der Waals surface area contributed by atoms with E-state index in [-0.39, 0.29) is 0 Å². The first-order valence-corrected chi connectivity index (χ1v) is 7.50. The van der Waals surface area contributed by atoms with E-state index in [0.717, 1.165) is 20.4 Å². The van der Waals surface area contributed by atoms with E-state index in [2.05, 4.69) is 50.5 Å². The first-order valence-electron chi connectivity index (χ1n) is 5.93. The first-order chi connectivity index (χ1) is 9.17. The lowest BCUT2D eigenvalue weighted by molar-refractivity contribution is 1.18. The van der Waals surface area contributed by atoms with Crippen molar-refractivity contribution in [2.45, 2.75) is 13.8 Å². The van der Waals surface area contributed by atoms with Crippen molar-refractivity contribution in [2.75, 3.05) is 0 Å². The van der Waals surface area contributed by atoms with Gasteiger partial charge >= 0.3 is 0 Å². The van der Waals surface area contributed by atoms with Gasteiger partial charge in [-0.2, -0.15) is 0 Å². The summed E-state index contributed by atoms with van der Waals surface area (Å²) in [5.41, 5.74) is 2.15. The summed E-state index contributed by atoms with van der Waals surface area (Å²) in [7, 11) is 0. The van der Waals surface area contributed by atoms with Crippen LogP contribution in [0.5, 0.6) is 0 Å². The topological polar surface area (TPSA) is 17.8 Å². The van der Waals surface area contributed by atoms with Gasteiger partial charge in [0.2, 0.25) is 0 Å². The van der Waals surface area contributed by atoms with Crippen molar-refractivity contribution < 1.29 is 0 Å². The molecule has 0 bridgehead atoms. The molecular formula is C15H15BrN2S. The van der Waals surface area contributed by atoms with Crippen LogP contribution >= 0.6 is 27.9 Å². The Balaban J connectivity index is 2.45. The van der Waals surface area contributed by atoms with Crippen molar-refractivity contribution >= 4 is 38.9 Å². The Kier molecular flexibility index (Phi) is 4.66. The van der Waals surface area contributed by atoms with E-state index < -0.39 is 0 Å². The van der Waals surface area contributed by atoms with Crippen LogP contribution in [-0.2, 0) is 0 Å². The van der Waals surface area contributed by atoms with Crippen molar-refractivity contribution in [3.05, 3.63) is 64.3 Å². The molecule has 0 aliphatic heterocycles. The third-order valence-electron chi connectivity index (χ3n) is 2.66. The molecule has 0 aliphatic rings. The van der Waals surface area contributed by atoms with Gasteiger partial charge in [-0.1, -0.05) is 24.8 Å². The minimum atomic E-state index is 0.975. The van der Waals surface area contributed by atoms with E-state index in [1.165, 1.54) is 5.69 Å². The number of hydrogen-bond acceptors (Lipinski definition) is 2. The van der Waals surface area contributed by atoms with Gasteiger partial charge in [0.25, 0.3) is 0 Å². The number of aryl methyl sites for hydroxylation is 1. The maximum absolute atomic E-state index is 4.47. The highest BCUT2D eigenvalue weighted by atomic mass is 79.9. The van der Waals surface area contributed by atoms with Crippen LogP contribution in [0.25, 0.3) is 11.0 Å². The molecule has 0 unspecified atom stereocenters. The number of nitrogens with zero attached hydrogens (tertiary/aromatic N) is 2. The van der Waals surface area contributed by atoms with Crippen molar-refractivity contribution in [3.63, 3.8) is 0 Å². The molecule has 4 heteroatoms. The summed E-state index contributed by atoms with van der Waals surface area (Å²) in [6.45, 7) is 7.81. The van der Waals surface area contributed by atoms with Crippen LogP contribution in [0.4, 0.5) is 0 Å². The second kappa shape index (κ2) is 6.26. The highest BCUT2D eigenvalue weighted by molar-refractivity contribution is 9.10. The van der Waals surface area contributed by atoms with Gasteiger partial charge in [-0.25, -0.2) is 4.98 Å². The largest absolute Gasteiger partial charge is 0.268 e.